The smallest absolute Gasteiger partial charge is 0.126 e. The van der Waals surface area contributed by atoms with Crippen LogP contribution in [0.15, 0.2) is 30.3 Å². The van der Waals surface area contributed by atoms with Crippen LogP contribution in [0.5, 0.6) is 5.75 Å². The van der Waals surface area contributed by atoms with E-state index in [0.29, 0.717) is 5.75 Å². The molecule has 0 spiro atoms. The molecule has 2 N–H and O–H groups in total. The van der Waals surface area contributed by atoms with Crippen molar-refractivity contribution in [3.05, 3.63) is 41.5 Å². The van der Waals surface area contributed by atoms with Gasteiger partial charge in [-0.25, -0.2) is 0 Å². The van der Waals surface area contributed by atoms with Crippen LogP contribution in [0, 0.1) is 6.92 Å². The van der Waals surface area contributed by atoms with Gasteiger partial charge in [-0.3, -0.25) is 0 Å². The molecule has 0 unspecified atom stereocenters. The Morgan fingerprint density at radius 3 is 2.52 bits per heavy atom. The second-order valence-electron chi connectivity index (χ2n) is 6.44. The lowest BCUT2D eigenvalue weighted by atomic mass is 9.84. The van der Waals surface area contributed by atoms with Gasteiger partial charge in [-0.1, -0.05) is 39.0 Å². The highest BCUT2D eigenvalue weighted by atomic mass is 16.3. The summed E-state index contributed by atoms with van der Waals surface area (Å²) in [6.45, 7) is 8.43. The van der Waals surface area contributed by atoms with E-state index in [-0.39, 0.29) is 5.41 Å². The van der Waals surface area contributed by atoms with Crippen LogP contribution in [-0.4, -0.2) is 20.5 Å². The molecule has 0 aliphatic carbocycles. The number of phenolic OH excluding ortho intramolecular Hbond substituents is 1. The predicted octanol–water partition coefficient (Wildman–Crippen LogP) is 3.94. The Balaban J connectivity index is 2.32. The third kappa shape index (κ3) is 2.27. The molecule has 4 heteroatoms. The molecule has 0 bridgehead atoms. The van der Waals surface area contributed by atoms with Crippen LogP contribution in [0.4, 0.5) is 0 Å². The number of rotatable bonds is 1. The Bertz CT molecular complexity index is 813. The first-order valence-electron chi connectivity index (χ1n) is 7.02. The molecule has 0 saturated carbocycles. The van der Waals surface area contributed by atoms with Gasteiger partial charge in [-0.15, -0.1) is 0 Å². The van der Waals surface area contributed by atoms with Crippen LogP contribution in [0.1, 0.15) is 31.9 Å². The lowest BCUT2D eigenvalue weighted by Gasteiger charge is -2.22. The monoisotopic (exact) mass is 281 g/mol. The number of hydrogen-bond acceptors (Lipinski definition) is 3. The summed E-state index contributed by atoms with van der Waals surface area (Å²) in [7, 11) is 0. The highest BCUT2D eigenvalue weighted by molar-refractivity contribution is 5.93. The number of hydrogen-bond donors (Lipinski definition) is 2. The summed E-state index contributed by atoms with van der Waals surface area (Å²) in [5, 5.41) is 21.4. The quantitative estimate of drug-likeness (QED) is 0.710. The van der Waals surface area contributed by atoms with E-state index in [9.17, 15) is 5.11 Å². The predicted molar refractivity (Wildman–Crippen MR) is 84.4 cm³/mol. The number of nitrogens with one attached hydrogen (secondary N) is 1. The molecule has 0 radical (unpaired) electrons. The van der Waals surface area contributed by atoms with Gasteiger partial charge in [0.1, 0.15) is 16.8 Å². The molecular formula is C17H19N3O. The van der Waals surface area contributed by atoms with Crippen molar-refractivity contribution in [1.82, 2.24) is 15.4 Å². The largest absolute Gasteiger partial charge is 0.507 e. The number of para-hydroxylation sites is 1. The van der Waals surface area contributed by atoms with Crippen LogP contribution >= 0.6 is 0 Å². The summed E-state index contributed by atoms with van der Waals surface area (Å²) >= 11 is 0. The van der Waals surface area contributed by atoms with Crippen LogP contribution < -0.4 is 0 Å². The fourth-order valence-electron chi connectivity index (χ4n) is 2.50. The number of aromatic amines is 1. The van der Waals surface area contributed by atoms with Crippen LogP contribution in [0.3, 0.4) is 0 Å². The number of nitrogens with zero attached hydrogens (tertiary/aromatic N) is 2. The first kappa shape index (κ1) is 13.6. The summed E-state index contributed by atoms with van der Waals surface area (Å²) in [5.41, 5.74) is 5.35. The Labute approximate surface area is 123 Å². The molecule has 0 saturated heterocycles. The number of aromatic hydroxyl groups is 1. The fourth-order valence-corrected chi connectivity index (χ4v) is 2.50. The van der Waals surface area contributed by atoms with Gasteiger partial charge >= 0.3 is 0 Å². The number of H-pyrrole nitrogens is 1. The second-order valence-corrected chi connectivity index (χ2v) is 6.44. The summed E-state index contributed by atoms with van der Waals surface area (Å²) in [6.07, 6.45) is 0. The van der Waals surface area contributed by atoms with Crippen molar-refractivity contribution < 1.29 is 5.11 Å². The van der Waals surface area contributed by atoms with Gasteiger partial charge in [-0.05, 0) is 35.6 Å². The van der Waals surface area contributed by atoms with E-state index in [1.54, 1.807) is 0 Å². The summed E-state index contributed by atoms with van der Waals surface area (Å²) in [5.74, 6) is 0.304. The fraction of sp³-hybridized carbons (Fsp3) is 0.294. The summed E-state index contributed by atoms with van der Waals surface area (Å²) in [6, 6.07) is 9.89. The number of phenols is 1. The van der Waals surface area contributed by atoms with Gasteiger partial charge in [-0.2, -0.15) is 15.4 Å². The maximum atomic E-state index is 10.5. The minimum Gasteiger partial charge on any atom is -0.507 e. The van der Waals surface area contributed by atoms with Crippen molar-refractivity contribution in [2.45, 2.75) is 33.1 Å². The van der Waals surface area contributed by atoms with Gasteiger partial charge in [0, 0.05) is 11.1 Å². The van der Waals surface area contributed by atoms with Crippen molar-refractivity contribution in [1.29, 1.82) is 0 Å². The number of aryl methyl sites for hydroxylation is 1. The van der Waals surface area contributed by atoms with Gasteiger partial charge in [0.15, 0.2) is 0 Å². The van der Waals surface area contributed by atoms with E-state index in [0.717, 1.165) is 27.7 Å². The Morgan fingerprint density at radius 1 is 1.05 bits per heavy atom. The van der Waals surface area contributed by atoms with Gasteiger partial charge in [0.05, 0.1) is 0 Å². The van der Waals surface area contributed by atoms with Crippen molar-refractivity contribution in [3.63, 3.8) is 0 Å². The van der Waals surface area contributed by atoms with E-state index in [2.05, 4.69) is 36.2 Å². The Hall–Kier alpha value is -2.36. The maximum Gasteiger partial charge on any atom is 0.126 e. The Morgan fingerprint density at radius 2 is 1.81 bits per heavy atom. The summed E-state index contributed by atoms with van der Waals surface area (Å²) < 4.78 is 0. The van der Waals surface area contributed by atoms with E-state index in [4.69, 9.17) is 0 Å². The van der Waals surface area contributed by atoms with E-state index in [1.807, 2.05) is 37.3 Å². The zero-order valence-corrected chi connectivity index (χ0v) is 12.7. The van der Waals surface area contributed by atoms with Gasteiger partial charge in [0.2, 0.25) is 0 Å². The number of benzene rings is 2. The van der Waals surface area contributed by atoms with Crippen molar-refractivity contribution in [3.8, 4) is 16.9 Å². The molecule has 1 aromatic heterocycles. The lowest BCUT2D eigenvalue weighted by molar-refractivity contribution is 0.472. The minimum absolute atomic E-state index is 0.0188. The van der Waals surface area contributed by atoms with Crippen molar-refractivity contribution in [2.75, 3.05) is 0 Å². The molecule has 108 valence electrons. The van der Waals surface area contributed by atoms with Gasteiger partial charge in [0.25, 0.3) is 0 Å². The molecule has 4 nitrogen and oxygen atoms in total. The third-order valence-corrected chi connectivity index (χ3v) is 3.80. The normalized spacial score (nSPS) is 12.0. The van der Waals surface area contributed by atoms with Crippen molar-refractivity contribution >= 4 is 11.0 Å². The summed E-state index contributed by atoms with van der Waals surface area (Å²) in [4.78, 5) is 0. The number of fused-ring (bicyclic) bond motifs is 1. The lowest BCUT2D eigenvalue weighted by Crippen LogP contribution is -2.11. The highest BCUT2D eigenvalue weighted by Crippen LogP contribution is 2.38. The van der Waals surface area contributed by atoms with Crippen LogP contribution in [0.25, 0.3) is 22.2 Å². The first-order chi connectivity index (χ1) is 9.88. The first-order valence-corrected chi connectivity index (χ1v) is 7.02. The Kier molecular flexibility index (Phi) is 2.97. The molecule has 0 aliphatic heterocycles. The van der Waals surface area contributed by atoms with Crippen LogP contribution in [-0.2, 0) is 5.41 Å². The standard InChI is InChI=1S/C17H19N3O/c1-10-8-11(17(2,3)4)9-13(16(10)21)12-6-5-7-14-15(12)19-20-18-14/h5-9,21H,1-4H3,(H,18,19,20). The topological polar surface area (TPSA) is 61.8 Å². The molecule has 2 aromatic carbocycles. The molecule has 0 atom stereocenters. The SMILES string of the molecule is Cc1cc(C(C)(C)C)cc(-c2cccc3n[nH]nc23)c1O. The van der Waals surface area contributed by atoms with Gasteiger partial charge < -0.3 is 5.11 Å². The molecule has 3 rings (SSSR count). The minimum atomic E-state index is 0.0188. The molecule has 0 aliphatic rings. The zero-order valence-electron chi connectivity index (χ0n) is 12.7. The molecule has 3 aromatic rings. The zero-order chi connectivity index (χ0) is 15.2. The molecular weight excluding hydrogens is 262 g/mol. The third-order valence-electron chi connectivity index (χ3n) is 3.80. The second kappa shape index (κ2) is 4.58. The highest BCUT2D eigenvalue weighted by Gasteiger charge is 2.19. The van der Waals surface area contributed by atoms with E-state index in [1.165, 1.54) is 5.56 Å². The average Bonchev–Trinajstić information content (AvgIpc) is 2.88. The van der Waals surface area contributed by atoms with E-state index < -0.39 is 0 Å². The average molecular weight is 281 g/mol. The molecule has 1 heterocycles. The maximum absolute atomic E-state index is 10.5. The molecule has 21 heavy (non-hydrogen) atoms. The molecule has 0 fully saturated rings. The van der Waals surface area contributed by atoms with Crippen LogP contribution in [0.2, 0.25) is 0 Å². The van der Waals surface area contributed by atoms with Crippen molar-refractivity contribution in [2.24, 2.45) is 0 Å². The number of aromatic nitrogens is 3. The van der Waals surface area contributed by atoms with E-state index >= 15 is 0 Å². The molecule has 0 amide bonds.